The van der Waals surface area contributed by atoms with Crippen LogP contribution in [0.3, 0.4) is 0 Å². The minimum absolute atomic E-state index is 0.470. The van der Waals surface area contributed by atoms with E-state index in [-0.39, 0.29) is 0 Å². The molecule has 0 bridgehead atoms. The smallest absolute Gasteiger partial charge is 0.0110 e. The van der Waals surface area contributed by atoms with Gasteiger partial charge in [0.25, 0.3) is 0 Å². The zero-order valence-corrected chi connectivity index (χ0v) is 12.0. The fourth-order valence-electron chi connectivity index (χ4n) is 2.21. The van der Waals surface area contributed by atoms with E-state index in [0.29, 0.717) is 5.41 Å². The summed E-state index contributed by atoms with van der Waals surface area (Å²) in [6.07, 6.45) is 3.74. The summed E-state index contributed by atoms with van der Waals surface area (Å²) < 4.78 is 0. The topological polar surface area (TPSA) is 32.5 Å². The Hall–Kier alpha value is -0.120. The standard InChI is InChI=1S/C14H31N3/c1-14(2,3)6-9-17-12-10-16(11-13-17)8-5-4-7-15/h4-13,15H2,1-3H3. The van der Waals surface area contributed by atoms with E-state index >= 15 is 0 Å². The largest absolute Gasteiger partial charge is 0.330 e. The van der Waals surface area contributed by atoms with Gasteiger partial charge in [0.2, 0.25) is 0 Å². The van der Waals surface area contributed by atoms with Crippen LogP contribution in [0.25, 0.3) is 0 Å². The zero-order valence-electron chi connectivity index (χ0n) is 12.0. The Morgan fingerprint density at radius 3 is 1.88 bits per heavy atom. The first kappa shape index (κ1) is 14.9. The lowest BCUT2D eigenvalue weighted by Crippen LogP contribution is -2.47. The van der Waals surface area contributed by atoms with Gasteiger partial charge in [0.1, 0.15) is 0 Å². The van der Waals surface area contributed by atoms with Crippen LogP contribution < -0.4 is 5.73 Å². The molecule has 0 spiro atoms. The fraction of sp³-hybridized carbons (Fsp3) is 1.00. The van der Waals surface area contributed by atoms with Crippen molar-refractivity contribution in [2.75, 3.05) is 45.8 Å². The molecule has 1 saturated heterocycles. The van der Waals surface area contributed by atoms with Gasteiger partial charge < -0.3 is 15.5 Å². The average Bonchev–Trinajstić information content (AvgIpc) is 2.27. The minimum atomic E-state index is 0.470. The Labute approximate surface area is 107 Å². The number of nitrogens with two attached hydrogens (primary N) is 1. The van der Waals surface area contributed by atoms with Gasteiger partial charge in [0, 0.05) is 26.2 Å². The number of nitrogens with zero attached hydrogens (tertiary/aromatic N) is 2. The molecule has 1 rings (SSSR count). The second-order valence-electron chi connectivity index (χ2n) is 6.49. The monoisotopic (exact) mass is 241 g/mol. The molecule has 0 aromatic rings. The van der Waals surface area contributed by atoms with Crippen LogP contribution >= 0.6 is 0 Å². The number of rotatable bonds is 6. The van der Waals surface area contributed by atoms with Crippen LogP contribution in [-0.2, 0) is 0 Å². The summed E-state index contributed by atoms with van der Waals surface area (Å²) in [7, 11) is 0. The van der Waals surface area contributed by atoms with Crippen molar-refractivity contribution in [2.45, 2.75) is 40.0 Å². The van der Waals surface area contributed by atoms with E-state index in [1.807, 2.05) is 0 Å². The van der Waals surface area contributed by atoms with Crippen molar-refractivity contribution < 1.29 is 0 Å². The Morgan fingerprint density at radius 2 is 1.41 bits per heavy atom. The molecule has 0 aromatic heterocycles. The lowest BCUT2D eigenvalue weighted by atomic mass is 9.92. The summed E-state index contributed by atoms with van der Waals surface area (Å²) in [5, 5.41) is 0. The number of piperazine rings is 1. The third kappa shape index (κ3) is 7.02. The Kier molecular flexibility index (Phi) is 6.45. The zero-order chi connectivity index (χ0) is 12.7. The molecule has 1 aliphatic heterocycles. The normalized spacial score (nSPS) is 19.8. The van der Waals surface area contributed by atoms with Crippen molar-refractivity contribution >= 4 is 0 Å². The van der Waals surface area contributed by atoms with E-state index in [9.17, 15) is 0 Å². The lowest BCUT2D eigenvalue weighted by Gasteiger charge is -2.36. The van der Waals surface area contributed by atoms with Crippen LogP contribution in [0, 0.1) is 5.41 Å². The number of hydrogen-bond donors (Lipinski definition) is 1. The number of hydrogen-bond acceptors (Lipinski definition) is 3. The van der Waals surface area contributed by atoms with Crippen molar-refractivity contribution in [3.63, 3.8) is 0 Å². The van der Waals surface area contributed by atoms with E-state index in [2.05, 4.69) is 30.6 Å². The van der Waals surface area contributed by atoms with Gasteiger partial charge in [-0.15, -0.1) is 0 Å². The first-order valence-electron chi connectivity index (χ1n) is 7.16. The molecule has 0 radical (unpaired) electrons. The highest BCUT2D eigenvalue weighted by Gasteiger charge is 2.18. The number of unbranched alkanes of at least 4 members (excludes halogenated alkanes) is 1. The summed E-state index contributed by atoms with van der Waals surface area (Å²) in [4.78, 5) is 5.20. The van der Waals surface area contributed by atoms with E-state index in [1.165, 1.54) is 58.5 Å². The lowest BCUT2D eigenvalue weighted by molar-refractivity contribution is 0.120. The Bertz CT molecular complexity index is 190. The predicted octanol–water partition coefficient (Wildman–Crippen LogP) is 1.78. The molecule has 1 fully saturated rings. The van der Waals surface area contributed by atoms with Crippen LogP contribution in [0.2, 0.25) is 0 Å². The molecule has 17 heavy (non-hydrogen) atoms. The summed E-state index contributed by atoms with van der Waals surface area (Å²) in [6, 6.07) is 0. The van der Waals surface area contributed by atoms with Crippen molar-refractivity contribution in [3.05, 3.63) is 0 Å². The fourth-order valence-corrected chi connectivity index (χ4v) is 2.21. The molecule has 0 saturated carbocycles. The third-order valence-electron chi connectivity index (χ3n) is 3.57. The highest BCUT2D eigenvalue weighted by atomic mass is 15.3. The Morgan fingerprint density at radius 1 is 0.882 bits per heavy atom. The van der Waals surface area contributed by atoms with Crippen molar-refractivity contribution in [3.8, 4) is 0 Å². The molecule has 0 atom stereocenters. The molecule has 2 N–H and O–H groups in total. The highest BCUT2D eigenvalue weighted by molar-refractivity contribution is 4.74. The maximum Gasteiger partial charge on any atom is 0.0110 e. The minimum Gasteiger partial charge on any atom is -0.330 e. The van der Waals surface area contributed by atoms with Crippen molar-refractivity contribution in [1.82, 2.24) is 9.80 Å². The molecule has 0 amide bonds. The van der Waals surface area contributed by atoms with Gasteiger partial charge >= 0.3 is 0 Å². The molecule has 0 unspecified atom stereocenters. The SMILES string of the molecule is CC(C)(C)CCN1CCN(CCCCN)CC1. The molecule has 1 aliphatic rings. The van der Waals surface area contributed by atoms with Crippen LogP contribution in [0.5, 0.6) is 0 Å². The van der Waals surface area contributed by atoms with Gasteiger partial charge in [-0.25, -0.2) is 0 Å². The van der Waals surface area contributed by atoms with Gasteiger partial charge in [-0.1, -0.05) is 20.8 Å². The van der Waals surface area contributed by atoms with E-state index in [0.717, 1.165) is 6.54 Å². The molecule has 1 heterocycles. The van der Waals surface area contributed by atoms with Gasteiger partial charge in [-0.2, -0.15) is 0 Å². The molecule has 0 aromatic carbocycles. The maximum atomic E-state index is 5.52. The van der Waals surface area contributed by atoms with Crippen molar-refractivity contribution in [1.29, 1.82) is 0 Å². The van der Waals surface area contributed by atoms with Crippen LogP contribution in [0.1, 0.15) is 40.0 Å². The van der Waals surface area contributed by atoms with Crippen molar-refractivity contribution in [2.24, 2.45) is 11.1 Å². The first-order chi connectivity index (χ1) is 8.01. The van der Waals surface area contributed by atoms with Gasteiger partial charge in [0.15, 0.2) is 0 Å². The highest BCUT2D eigenvalue weighted by Crippen LogP contribution is 2.19. The summed E-state index contributed by atoms with van der Waals surface area (Å²) in [5.41, 5.74) is 5.99. The average molecular weight is 241 g/mol. The summed E-state index contributed by atoms with van der Waals surface area (Å²) in [6.45, 7) is 15.3. The summed E-state index contributed by atoms with van der Waals surface area (Å²) in [5.74, 6) is 0. The van der Waals surface area contributed by atoms with E-state index in [1.54, 1.807) is 0 Å². The molecular weight excluding hydrogens is 210 g/mol. The van der Waals surface area contributed by atoms with Crippen LogP contribution in [0.4, 0.5) is 0 Å². The quantitative estimate of drug-likeness (QED) is 0.720. The maximum absolute atomic E-state index is 5.52. The first-order valence-corrected chi connectivity index (χ1v) is 7.16. The molecule has 0 aliphatic carbocycles. The van der Waals surface area contributed by atoms with Gasteiger partial charge in [-0.3, -0.25) is 0 Å². The van der Waals surface area contributed by atoms with Crippen LogP contribution in [-0.4, -0.2) is 55.6 Å². The molecule has 102 valence electrons. The Balaban J connectivity index is 2.09. The molecular formula is C14H31N3. The van der Waals surface area contributed by atoms with E-state index < -0.39 is 0 Å². The van der Waals surface area contributed by atoms with Gasteiger partial charge in [-0.05, 0) is 44.3 Å². The molecule has 3 heteroatoms. The molecule has 3 nitrogen and oxygen atoms in total. The second kappa shape index (κ2) is 7.34. The van der Waals surface area contributed by atoms with Gasteiger partial charge in [0.05, 0.1) is 0 Å². The second-order valence-corrected chi connectivity index (χ2v) is 6.49. The van der Waals surface area contributed by atoms with E-state index in [4.69, 9.17) is 5.73 Å². The summed E-state index contributed by atoms with van der Waals surface area (Å²) >= 11 is 0. The predicted molar refractivity (Wildman–Crippen MR) is 75.2 cm³/mol. The third-order valence-corrected chi connectivity index (χ3v) is 3.57. The van der Waals surface area contributed by atoms with Crippen LogP contribution in [0.15, 0.2) is 0 Å².